The highest BCUT2D eigenvalue weighted by Crippen LogP contribution is 2.27. The molecule has 0 radical (unpaired) electrons. The predicted molar refractivity (Wildman–Crippen MR) is 130 cm³/mol. The number of benzene rings is 3. The minimum absolute atomic E-state index is 0.0824. The van der Waals surface area contributed by atoms with E-state index < -0.39 is 18.5 Å². The van der Waals surface area contributed by atoms with E-state index in [1.165, 1.54) is 6.07 Å². The largest absolute Gasteiger partial charge is 0.455 e. The Hall–Kier alpha value is -3.84. The van der Waals surface area contributed by atoms with Crippen molar-refractivity contribution in [2.45, 2.75) is 11.8 Å². The fourth-order valence-electron chi connectivity index (χ4n) is 3.44. The zero-order chi connectivity index (χ0) is 23.4. The molecular formula is C26H21NO5S. The molecule has 33 heavy (non-hydrogen) atoms. The second-order valence-electron chi connectivity index (χ2n) is 7.29. The van der Waals surface area contributed by atoms with Gasteiger partial charge in [-0.25, -0.2) is 4.79 Å². The topological polar surface area (TPSA) is 85.6 Å². The first-order valence-corrected chi connectivity index (χ1v) is 11.4. The smallest absolute Gasteiger partial charge is 0.342 e. The Morgan fingerprint density at radius 3 is 2.52 bits per heavy atom. The van der Waals surface area contributed by atoms with Gasteiger partial charge in [-0.1, -0.05) is 42.5 Å². The summed E-state index contributed by atoms with van der Waals surface area (Å²) in [5, 5.41) is 2.98. The summed E-state index contributed by atoms with van der Waals surface area (Å²) in [6.45, 7) is 1.22. The van der Waals surface area contributed by atoms with Gasteiger partial charge in [-0.3, -0.25) is 9.59 Å². The predicted octanol–water partition coefficient (Wildman–Crippen LogP) is 5.29. The van der Waals surface area contributed by atoms with Gasteiger partial charge in [-0.05, 0) is 43.5 Å². The summed E-state index contributed by atoms with van der Waals surface area (Å²) < 4.78 is 11.3. The van der Waals surface area contributed by atoms with Crippen molar-refractivity contribution in [2.24, 2.45) is 0 Å². The maximum absolute atomic E-state index is 12.9. The molecule has 1 N–H and O–H groups in total. The average Bonchev–Trinajstić information content (AvgIpc) is 2.85. The third-order valence-corrected chi connectivity index (χ3v) is 5.81. The van der Waals surface area contributed by atoms with Gasteiger partial charge in [-0.2, -0.15) is 0 Å². The van der Waals surface area contributed by atoms with E-state index in [4.69, 9.17) is 9.15 Å². The molecule has 166 valence electrons. The van der Waals surface area contributed by atoms with Gasteiger partial charge in [0.1, 0.15) is 11.3 Å². The van der Waals surface area contributed by atoms with Gasteiger partial charge in [0.25, 0.3) is 5.91 Å². The molecule has 1 heterocycles. The molecule has 0 saturated heterocycles. The minimum Gasteiger partial charge on any atom is -0.455 e. The van der Waals surface area contributed by atoms with Gasteiger partial charge in [-0.15, -0.1) is 11.8 Å². The van der Waals surface area contributed by atoms with E-state index in [9.17, 15) is 14.4 Å². The molecule has 0 bridgehead atoms. The normalized spacial score (nSPS) is 10.7. The van der Waals surface area contributed by atoms with Crippen LogP contribution < -0.4 is 10.7 Å². The summed E-state index contributed by atoms with van der Waals surface area (Å²) in [4.78, 5) is 39.0. The van der Waals surface area contributed by atoms with E-state index in [0.717, 1.165) is 10.5 Å². The van der Waals surface area contributed by atoms with E-state index in [2.05, 4.69) is 5.32 Å². The summed E-state index contributed by atoms with van der Waals surface area (Å²) in [5.74, 6) is -0.830. The first-order chi connectivity index (χ1) is 16.0. The van der Waals surface area contributed by atoms with E-state index in [0.29, 0.717) is 17.0 Å². The van der Waals surface area contributed by atoms with Crippen molar-refractivity contribution in [3.63, 3.8) is 0 Å². The number of thioether (sulfide) groups is 1. The molecule has 1 amide bonds. The van der Waals surface area contributed by atoms with Crippen molar-refractivity contribution >= 4 is 40.3 Å². The molecular weight excluding hydrogens is 438 g/mol. The molecule has 6 nitrogen and oxygen atoms in total. The first kappa shape index (κ1) is 22.4. The highest BCUT2D eigenvalue weighted by molar-refractivity contribution is 7.98. The number of nitrogens with one attached hydrogen (secondary N) is 1. The zero-order valence-electron chi connectivity index (χ0n) is 18.1. The van der Waals surface area contributed by atoms with Crippen LogP contribution in [0, 0.1) is 6.92 Å². The SMILES string of the molecule is CSc1cccc(NC(=O)COC(=O)c2cccc3c(=O)c(C)c(-c4ccccc4)oc23)c1. The summed E-state index contributed by atoms with van der Waals surface area (Å²) in [7, 11) is 0. The Labute approximate surface area is 194 Å². The van der Waals surface area contributed by atoms with Crippen LogP contribution in [0.2, 0.25) is 0 Å². The lowest BCUT2D eigenvalue weighted by Crippen LogP contribution is -2.21. The summed E-state index contributed by atoms with van der Waals surface area (Å²) >= 11 is 1.56. The number of ether oxygens (including phenoxy) is 1. The van der Waals surface area contributed by atoms with Crippen LogP contribution in [-0.4, -0.2) is 24.7 Å². The molecule has 0 aliphatic carbocycles. The average molecular weight is 460 g/mol. The van der Waals surface area contributed by atoms with Gasteiger partial charge in [0.05, 0.1) is 5.39 Å². The fraction of sp³-hybridized carbons (Fsp3) is 0.115. The summed E-state index contributed by atoms with van der Waals surface area (Å²) in [5.41, 5.74) is 1.78. The van der Waals surface area contributed by atoms with Crippen LogP contribution in [0.1, 0.15) is 15.9 Å². The third kappa shape index (κ3) is 4.83. The maximum atomic E-state index is 12.9. The number of rotatable bonds is 6. The Morgan fingerprint density at radius 2 is 1.76 bits per heavy atom. The van der Waals surface area contributed by atoms with Crippen molar-refractivity contribution in [1.82, 2.24) is 0 Å². The van der Waals surface area contributed by atoms with Crippen LogP contribution in [0.15, 0.2) is 86.9 Å². The molecule has 7 heteroatoms. The minimum atomic E-state index is -0.750. The Bertz CT molecular complexity index is 1400. The molecule has 0 atom stereocenters. The molecule has 0 unspecified atom stereocenters. The molecule has 4 aromatic rings. The van der Waals surface area contributed by atoms with E-state index >= 15 is 0 Å². The summed E-state index contributed by atoms with van der Waals surface area (Å²) in [6.07, 6.45) is 1.94. The molecule has 0 aliphatic rings. The van der Waals surface area contributed by atoms with Gasteiger partial charge in [0, 0.05) is 21.7 Å². The van der Waals surface area contributed by atoms with Crippen LogP contribution >= 0.6 is 11.8 Å². The lowest BCUT2D eigenvalue weighted by Gasteiger charge is -2.11. The Kier molecular flexibility index (Phi) is 6.60. The van der Waals surface area contributed by atoms with E-state index in [1.54, 1.807) is 36.9 Å². The Balaban J connectivity index is 1.58. The van der Waals surface area contributed by atoms with Crippen LogP contribution in [-0.2, 0) is 9.53 Å². The van der Waals surface area contributed by atoms with Crippen LogP contribution in [0.25, 0.3) is 22.3 Å². The third-order valence-electron chi connectivity index (χ3n) is 5.09. The van der Waals surface area contributed by atoms with Gasteiger partial charge in [0.15, 0.2) is 17.6 Å². The van der Waals surface area contributed by atoms with Crippen LogP contribution in [0.4, 0.5) is 5.69 Å². The quantitative estimate of drug-likeness (QED) is 0.312. The number of fused-ring (bicyclic) bond motifs is 1. The number of para-hydroxylation sites is 1. The highest BCUT2D eigenvalue weighted by Gasteiger charge is 2.20. The molecule has 0 spiro atoms. The van der Waals surface area contributed by atoms with Crippen molar-refractivity contribution in [1.29, 1.82) is 0 Å². The number of carbonyl (C=O) groups is 2. The van der Waals surface area contributed by atoms with E-state index in [-0.39, 0.29) is 22.0 Å². The van der Waals surface area contributed by atoms with Gasteiger partial charge >= 0.3 is 5.97 Å². The Morgan fingerprint density at radius 1 is 1.00 bits per heavy atom. The lowest BCUT2D eigenvalue weighted by molar-refractivity contribution is -0.119. The maximum Gasteiger partial charge on any atom is 0.342 e. The van der Waals surface area contributed by atoms with Crippen molar-refractivity contribution < 1.29 is 18.7 Å². The number of amides is 1. The van der Waals surface area contributed by atoms with Gasteiger partial charge < -0.3 is 14.5 Å². The lowest BCUT2D eigenvalue weighted by atomic mass is 10.0. The number of esters is 1. The number of hydrogen-bond donors (Lipinski definition) is 1. The standard InChI is InChI=1S/C26H21NO5S/c1-16-23(29)20-12-7-13-21(25(20)32-24(16)17-8-4-3-5-9-17)26(30)31-15-22(28)27-18-10-6-11-19(14-18)33-2/h3-14H,15H2,1-2H3,(H,27,28). The van der Waals surface area contributed by atoms with Crippen LogP contribution in [0.3, 0.4) is 0 Å². The first-order valence-electron chi connectivity index (χ1n) is 10.2. The number of carbonyl (C=O) groups excluding carboxylic acids is 2. The number of anilines is 1. The fourth-order valence-corrected chi connectivity index (χ4v) is 3.90. The van der Waals surface area contributed by atoms with Crippen molar-refractivity contribution in [2.75, 3.05) is 18.2 Å². The second-order valence-corrected chi connectivity index (χ2v) is 8.17. The van der Waals surface area contributed by atoms with Gasteiger partial charge in [0.2, 0.25) is 0 Å². The highest BCUT2D eigenvalue weighted by atomic mass is 32.2. The molecule has 0 aliphatic heterocycles. The monoisotopic (exact) mass is 459 g/mol. The number of hydrogen-bond acceptors (Lipinski definition) is 6. The summed E-state index contributed by atoms with van der Waals surface area (Å²) in [6, 6.07) is 21.3. The van der Waals surface area contributed by atoms with E-state index in [1.807, 2.05) is 54.8 Å². The van der Waals surface area contributed by atoms with Crippen LogP contribution in [0.5, 0.6) is 0 Å². The second kappa shape index (κ2) is 9.75. The molecule has 0 saturated carbocycles. The molecule has 1 aromatic heterocycles. The van der Waals surface area contributed by atoms with Crippen molar-refractivity contribution in [3.8, 4) is 11.3 Å². The molecule has 3 aromatic carbocycles. The molecule has 4 rings (SSSR count). The zero-order valence-corrected chi connectivity index (χ0v) is 18.9. The molecule has 0 fully saturated rings. The van der Waals surface area contributed by atoms with Crippen molar-refractivity contribution in [3.05, 3.63) is 94.1 Å².